The number of ether oxygens (including phenoxy) is 1. The average Bonchev–Trinajstić information content (AvgIpc) is 2.73. The molecule has 2 aromatic rings. The highest BCUT2D eigenvalue weighted by atomic mass is 35.5. The number of fused-ring (bicyclic) bond motifs is 4. The molecule has 1 amide bonds. The van der Waals surface area contributed by atoms with Crippen molar-refractivity contribution in [3.8, 4) is 0 Å². The molecular formula is C26H33ClF2N2O2. The van der Waals surface area contributed by atoms with Crippen LogP contribution in [0.25, 0.3) is 0 Å². The second kappa shape index (κ2) is 9.69. The molecule has 2 aromatic carbocycles. The maximum atomic E-state index is 14.0. The second-order valence-corrected chi connectivity index (χ2v) is 9.93. The van der Waals surface area contributed by atoms with E-state index in [2.05, 4.69) is 37.1 Å². The van der Waals surface area contributed by atoms with Crippen LogP contribution in [0.4, 0.5) is 14.5 Å². The van der Waals surface area contributed by atoms with Crippen LogP contribution in [0, 0.1) is 17.0 Å². The van der Waals surface area contributed by atoms with Gasteiger partial charge in [-0.15, -0.1) is 12.4 Å². The fourth-order valence-corrected chi connectivity index (χ4v) is 5.75. The highest BCUT2D eigenvalue weighted by molar-refractivity contribution is 5.85. The number of nitrogens with zero attached hydrogens (tertiary/aromatic N) is 1. The van der Waals surface area contributed by atoms with E-state index in [1.165, 1.54) is 29.3 Å². The van der Waals surface area contributed by atoms with Gasteiger partial charge in [-0.1, -0.05) is 39.0 Å². The number of benzene rings is 2. The van der Waals surface area contributed by atoms with Gasteiger partial charge in [0.25, 0.3) is 0 Å². The van der Waals surface area contributed by atoms with Crippen LogP contribution in [0.5, 0.6) is 0 Å². The van der Waals surface area contributed by atoms with E-state index < -0.39 is 11.6 Å². The van der Waals surface area contributed by atoms with Crippen LogP contribution in [0.3, 0.4) is 0 Å². The predicted octanol–water partition coefficient (Wildman–Crippen LogP) is 5.47. The van der Waals surface area contributed by atoms with E-state index in [-0.39, 0.29) is 47.6 Å². The third kappa shape index (κ3) is 4.41. The molecule has 1 aliphatic heterocycles. The van der Waals surface area contributed by atoms with Crippen LogP contribution < -0.4 is 5.32 Å². The predicted molar refractivity (Wildman–Crippen MR) is 129 cm³/mol. The highest BCUT2D eigenvalue weighted by Gasteiger charge is 2.56. The second-order valence-electron chi connectivity index (χ2n) is 9.93. The van der Waals surface area contributed by atoms with E-state index >= 15 is 0 Å². The molecular weight excluding hydrogens is 446 g/mol. The van der Waals surface area contributed by atoms with Gasteiger partial charge < -0.3 is 10.1 Å². The Balaban J connectivity index is 0.00000306. The standard InChI is InChI=1S/C26H32F2N2O2.ClH/c1-17(32-15-19-21(27)8-6-9-22(19)28)14-30-12-11-26(4)20-7-5-10-23(29-16-31)18(20)13-24(30)25(26,2)3;/h5-10,16-17,24H,11-15H2,1-4H3,(H,29,31);1H. The number of carbonyl (C=O) groups is 1. The molecule has 1 heterocycles. The van der Waals surface area contributed by atoms with Gasteiger partial charge >= 0.3 is 0 Å². The Bertz CT molecular complexity index is 996. The van der Waals surface area contributed by atoms with Gasteiger partial charge in [-0.05, 0) is 61.1 Å². The Morgan fingerprint density at radius 2 is 1.85 bits per heavy atom. The van der Waals surface area contributed by atoms with Gasteiger partial charge in [0.15, 0.2) is 0 Å². The van der Waals surface area contributed by atoms with Crippen molar-refractivity contribution < 1.29 is 18.3 Å². The van der Waals surface area contributed by atoms with Crippen molar-refractivity contribution >= 4 is 24.5 Å². The first-order valence-corrected chi connectivity index (χ1v) is 11.3. The maximum absolute atomic E-state index is 14.0. The number of halogens is 3. The number of nitrogens with one attached hydrogen (secondary N) is 1. The van der Waals surface area contributed by atoms with Crippen LogP contribution >= 0.6 is 12.4 Å². The lowest BCUT2D eigenvalue weighted by atomic mass is 9.51. The quantitative estimate of drug-likeness (QED) is 0.536. The summed E-state index contributed by atoms with van der Waals surface area (Å²) < 4.78 is 33.8. The van der Waals surface area contributed by atoms with Crippen molar-refractivity contribution in [2.24, 2.45) is 5.41 Å². The molecule has 0 saturated carbocycles. The van der Waals surface area contributed by atoms with Crippen molar-refractivity contribution in [3.63, 3.8) is 0 Å². The number of hydrogen-bond donors (Lipinski definition) is 1. The molecule has 4 nitrogen and oxygen atoms in total. The zero-order chi connectivity index (χ0) is 23.1. The Kier molecular flexibility index (Phi) is 7.52. The summed E-state index contributed by atoms with van der Waals surface area (Å²) in [6.45, 7) is 10.5. The first kappa shape index (κ1) is 25.6. The van der Waals surface area contributed by atoms with Crippen LogP contribution in [-0.4, -0.2) is 36.5 Å². The number of amides is 1. The van der Waals surface area contributed by atoms with E-state index in [0.29, 0.717) is 6.54 Å². The van der Waals surface area contributed by atoms with E-state index in [1.54, 1.807) is 0 Å². The molecule has 1 saturated heterocycles. The smallest absolute Gasteiger partial charge is 0.211 e. The summed E-state index contributed by atoms with van der Waals surface area (Å²) in [5.41, 5.74) is 3.38. The molecule has 7 heteroatoms. The first-order valence-electron chi connectivity index (χ1n) is 11.3. The summed E-state index contributed by atoms with van der Waals surface area (Å²) in [6, 6.07) is 10.3. The molecule has 3 unspecified atom stereocenters. The Morgan fingerprint density at radius 3 is 2.52 bits per heavy atom. The minimum Gasteiger partial charge on any atom is -0.372 e. The first-order chi connectivity index (χ1) is 15.2. The summed E-state index contributed by atoms with van der Waals surface area (Å²) in [4.78, 5) is 13.6. The fourth-order valence-electron chi connectivity index (χ4n) is 5.75. The van der Waals surface area contributed by atoms with Crippen molar-refractivity contribution in [3.05, 3.63) is 64.7 Å². The fraction of sp³-hybridized carbons (Fsp3) is 0.500. The molecule has 2 aliphatic rings. The van der Waals surface area contributed by atoms with E-state index in [4.69, 9.17) is 4.74 Å². The molecule has 1 aliphatic carbocycles. The third-order valence-corrected chi connectivity index (χ3v) is 8.04. The summed E-state index contributed by atoms with van der Waals surface area (Å²) in [5.74, 6) is -1.16. The lowest BCUT2D eigenvalue weighted by molar-refractivity contribution is -0.105. The zero-order valence-corrected chi connectivity index (χ0v) is 20.5. The zero-order valence-electron chi connectivity index (χ0n) is 19.7. The van der Waals surface area contributed by atoms with Gasteiger partial charge in [0.05, 0.1) is 12.7 Å². The normalized spacial score (nSPS) is 24.4. The van der Waals surface area contributed by atoms with Crippen molar-refractivity contribution in [2.75, 3.05) is 18.4 Å². The SMILES string of the molecule is CC(CN1CCC2(C)c3cccc(NC=O)c3CC1C2(C)C)OCc1c(F)cccc1F.Cl. The topological polar surface area (TPSA) is 41.6 Å². The van der Waals surface area contributed by atoms with Crippen LogP contribution in [0.15, 0.2) is 36.4 Å². The molecule has 1 N–H and O–H groups in total. The molecule has 1 fully saturated rings. The molecule has 2 bridgehead atoms. The molecule has 0 spiro atoms. The molecule has 0 aromatic heterocycles. The Labute approximate surface area is 201 Å². The number of hydrogen-bond acceptors (Lipinski definition) is 3. The van der Waals surface area contributed by atoms with Gasteiger partial charge in [-0.3, -0.25) is 9.69 Å². The van der Waals surface area contributed by atoms with Crippen LogP contribution in [0.2, 0.25) is 0 Å². The monoisotopic (exact) mass is 478 g/mol. The van der Waals surface area contributed by atoms with E-state index in [1.807, 2.05) is 19.1 Å². The molecule has 3 atom stereocenters. The summed E-state index contributed by atoms with van der Waals surface area (Å²) in [7, 11) is 0. The van der Waals surface area contributed by atoms with Crippen LogP contribution in [-0.2, 0) is 28.0 Å². The van der Waals surface area contributed by atoms with Gasteiger partial charge in [0.2, 0.25) is 6.41 Å². The van der Waals surface area contributed by atoms with Gasteiger partial charge in [-0.2, -0.15) is 0 Å². The van der Waals surface area contributed by atoms with Crippen molar-refractivity contribution in [1.82, 2.24) is 4.90 Å². The number of likely N-dealkylation sites (tertiary alicyclic amines) is 1. The van der Waals surface area contributed by atoms with Gasteiger partial charge in [-0.25, -0.2) is 8.78 Å². The number of rotatable bonds is 7. The lowest BCUT2D eigenvalue weighted by Gasteiger charge is -2.61. The molecule has 4 rings (SSSR count). The summed E-state index contributed by atoms with van der Waals surface area (Å²) in [5, 5.41) is 2.88. The Hall–Kier alpha value is -2.02. The van der Waals surface area contributed by atoms with Crippen molar-refractivity contribution in [1.29, 1.82) is 0 Å². The third-order valence-electron chi connectivity index (χ3n) is 8.04. The van der Waals surface area contributed by atoms with E-state index in [9.17, 15) is 13.6 Å². The van der Waals surface area contributed by atoms with Crippen molar-refractivity contribution in [2.45, 2.75) is 64.7 Å². The molecule has 180 valence electrons. The Morgan fingerprint density at radius 1 is 1.18 bits per heavy atom. The lowest BCUT2D eigenvalue weighted by Crippen LogP contribution is -2.64. The number of anilines is 1. The summed E-state index contributed by atoms with van der Waals surface area (Å²) in [6.07, 6.45) is 2.38. The minimum absolute atomic E-state index is 0. The van der Waals surface area contributed by atoms with Crippen LogP contribution in [0.1, 0.15) is 50.8 Å². The molecule has 0 radical (unpaired) electrons. The minimum atomic E-state index is -0.578. The average molecular weight is 479 g/mol. The summed E-state index contributed by atoms with van der Waals surface area (Å²) >= 11 is 0. The maximum Gasteiger partial charge on any atom is 0.211 e. The highest BCUT2D eigenvalue weighted by Crippen LogP contribution is 2.56. The number of piperidine rings is 1. The van der Waals surface area contributed by atoms with E-state index in [0.717, 1.165) is 31.5 Å². The number of carbonyl (C=O) groups excluding carboxylic acids is 1. The molecule has 33 heavy (non-hydrogen) atoms. The van der Waals surface area contributed by atoms with Gasteiger partial charge in [0.1, 0.15) is 11.6 Å². The van der Waals surface area contributed by atoms with Gasteiger partial charge in [0, 0.05) is 29.3 Å². The largest absolute Gasteiger partial charge is 0.372 e.